The number of rotatable bonds is 5. The van der Waals surface area contributed by atoms with Crippen molar-refractivity contribution in [1.29, 1.82) is 5.26 Å². The van der Waals surface area contributed by atoms with Gasteiger partial charge in [0.15, 0.2) is 0 Å². The van der Waals surface area contributed by atoms with Crippen LogP contribution in [-0.2, 0) is 10.0 Å². The maximum atomic E-state index is 13.3. The molecule has 0 spiro atoms. The van der Waals surface area contributed by atoms with Gasteiger partial charge in [-0.05, 0) is 18.2 Å². The summed E-state index contributed by atoms with van der Waals surface area (Å²) in [5, 5.41) is 17.2. The summed E-state index contributed by atoms with van der Waals surface area (Å²) in [5.41, 5.74) is 0.0345. The monoisotopic (exact) mass is 310 g/mol. The van der Waals surface area contributed by atoms with E-state index in [2.05, 4.69) is 11.8 Å². The number of nitrogens with zero attached hydrogens (tertiary/aromatic N) is 2. The average Bonchev–Trinajstić information content (AvgIpc) is 2.44. The number of aliphatic hydroxyl groups excluding tert-OH is 1. The summed E-state index contributed by atoms with van der Waals surface area (Å²) in [7, 11) is -2.50. The van der Waals surface area contributed by atoms with Gasteiger partial charge in [0.25, 0.3) is 0 Å². The van der Waals surface area contributed by atoms with Crippen LogP contribution in [-0.4, -0.2) is 38.0 Å². The van der Waals surface area contributed by atoms with Crippen LogP contribution in [0.1, 0.15) is 18.4 Å². The highest BCUT2D eigenvalue weighted by atomic mass is 32.2. The maximum absolute atomic E-state index is 13.3. The first-order chi connectivity index (χ1) is 9.93. The molecule has 0 amide bonds. The quantitative estimate of drug-likeness (QED) is 0.826. The van der Waals surface area contributed by atoms with Crippen LogP contribution in [0.5, 0.6) is 0 Å². The van der Waals surface area contributed by atoms with Gasteiger partial charge in [0, 0.05) is 32.0 Å². The van der Waals surface area contributed by atoms with E-state index >= 15 is 0 Å². The number of benzene rings is 1. The van der Waals surface area contributed by atoms with Crippen molar-refractivity contribution in [3.8, 4) is 17.9 Å². The van der Waals surface area contributed by atoms with Crippen molar-refractivity contribution in [2.45, 2.75) is 17.7 Å². The van der Waals surface area contributed by atoms with Gasteiger partial charge < -0.3 is 5.11 Å². The van der Waals surface area contributed by atoms with Gasteiger partial charge in [0.05, 0.1) is 17.6 Å². The lowest BCUT2D eigenvalue weighted by Gasteiger charge is -2.16. The van der Waals surface area contributed by atoms with E-state index in [9.17, 15) is 12.8 Å². The first-order valence-corrected chi connectivity index (χ1v) is 7.60. The first-order valence-electron chi connectivity index (χ1n) is 6.16. The number of aliphatic hydroxyl groups is 1. The van der Waals surface area contributed by atoms with Gasteiger partial charge in [-0.2, -0.15) is 9.57 Å². The second-order valence-corrected chi connectivity index (χ2v) is 6.16. The van der Waals surface area contributed by atoms with Crippen LogP contribution in [0.2, 0.25) is 0 Å². The molecule has 1 N–H and O–H groups in total. The number of halogens is 1. The van der Waals surface area contributed by atoms with E-state index in [0.717, 1.165) is 22.5 Å². The topological polar surface area (TPSA) is 81.4 Å². The van der Waals surface area contributed by atoms with Crippen LogP contribution in [0.3, 0.4) is 0 Å². The fourth-order valence-corrected chi connectivity index (χ4v) is 2.83. The normalized spacial score (nSPS) is 10.8. The number of hydrogen-bond donors (Lipinski definition) is 1. The minimum Gasteiger partial charge on any atom is -0.395 e. The van der Waals surface area contributed by atoms with Crippen molar-refractivity contribution in [1.82, 2.24) is 4.31 Å². The third-order valence-corrected chi connectivity index (χ3v) is 4.54. The SMILES string of the molecule is CN(CCC#N)S(=O)(=O)c1ccc(F)cc1C#CCCO. The Kier molecular flexibility index (Phi) is 6.32. The Labute approximate surface area is 123 Å². The Bertz CT molecular complexity index is 699. The summed E-state index contributed by atoms with van der Waals surface area (Å²) in [5.74, 6) is 4.53. The zero-order valence-electron chi connectivity index (χ0n) is 11.5. The molecule has 0 aliphatic carbocycles. The van der Waals surface area contributed by atoms with Crippen LogP contribution in [0.15, 0.2) is 23.1 Å². The molecular formula is C14H15FN2O3S. The molecule has 0 aromatic heterocycles. The van der Waals surface area contributed by atoms with E-state index < -0.39 is 15.8 Å². The van der Waals surface area contributed by atoms with E-state index in [1.165, 1.54) is 7.05 Å². The van der Waals surface area contributed by atoms with Gasteiger partial charge in [-0.25, -0.2) is 12.8 Å². The molecule has 0 fully saturated rings. The van der Waals surface area contributed by atoms with E-state index in [1.54, 1.807) is 0 Å². The minimum absolute atomic E-state index is 0.0345. The zero-order valence-corrected chi connectivity index (χ0v) is 12.3. The highest BCUT2D eigenvalue weighted by molar-refractivity contribution is 7.89. The number of hydrogen-bond acceptors (Lipinski definition) is 4. The summed E-state index contributed by atoms with van der Waals surface area (Å²) in [6, 6.07) is 5.10. The second kappa shape index (κ2) is 7.75. The van der Waals surface area contributed by atoms with Crippen molar-refractivity contribution >= 4 is 10.0 Å². The molecule has 0 bridgehead atoms. The highest BCUT2D eigenvalue weighted by Gasteiger charge is 2.23. The Morgan fingerprint density at radius 2 is 2.10 bits per heavy atom. The Morgan fingerprint density at radius 3 is 2.71 bits per heavy atom. The fourth-order valence-electron chi connectivity index (χ4n) is 1.53. The molecule has 1 aromatic carbocycles. The summed E-state index contributed by atoms with van der Waals surface area (Å²) in [6.45, 7) is -0.119. The molecule has 1 rings (SSSR count). The van der Waals surface area contributed by atoms with E-state index in [1.807, 2.05) is 6.07 Å². The lowest BCUT2D eigenvalue weighted by atomic mass is 10.2. The number of nitriles is 1. The molecule has 5 nitrogen and oxygen atoms in total. The van der Waals surface area contributed by atoms with Gasteiger partial charge in [-0.1, -0.05) is 11.8 Å². The average molecular weight is 310 g/mol. The van der Waals surface area contributed by atoms with E-state index in [0.29, 0.717) is 0 Å². The Morgan fingerprint density at radius 1 is 1.38 bits per heavy atom. The predicted molar refractivity (Wildman–Crippen MR) is 75.0 cm³/mol. The fraction of sp³-hybridized carbons (Fsp3) is 0.357. The van der Waals surface area contributed by atoms with E-state index in [-0.39, 0.29) is 36.5 Å². The molecule has 112 valence electrons. The lowest BCUT2D eigenvalue weighted by Crippen LogP contribution is -2.28. The summed E-state index contributed by atoms with van der Waals surface area (Å²) >= 11 is 0. The van der Waals surface area contributed by atoms with Gasteiger partial charge in [0.1, 0.15) is 5.82 Å². The zero-order chi connectivity index (χ0) is 15.9. The van der Waals surface area contributed by atoms with Crippen molar-refractivity contribution in [3.63, 3.8) is 0 Å². The molecule has 0 heterocycles. The largest absolute Gasteiger partial charge is 0.395 e. The molecule has 0 aliphatic heterocycles. The van der Waals surface area contributed by atoms with Crippen molar-refractivity contribution in [2.24, 2.45) is 0 Å². The summed E-state index contributed by atoms with van der Waals surface area (Å²) in [4.78, 5) is -0.116. The van der Waals surface area contributed by atoms with Crippen LogP contribution < -0.4 is 0 Å². The predicted octanol–water partition coefficient (Wildman–Crippen LogP) is 1.09. The highest BCUT2D eigenvalue weighted by Crippen LogP contribution is 2.20. The molecule has 7 heteroatoms. The first kappa shape index (κ1) is 17.1. The molecule has 0 aliphatic rings. The Hall–Kier alpha value is -1.93. The maximum Gasteiger partial charge on any atom is 0.244 e. The van der Waals surface area contributed by atoms with Crippen molar-refractivity contribution in [2.75, 3.05) is 20.2 Å². The lowest BCUT2D eigenvalue weighted by molar-refractivity contribution is 0.305. The third kappa shape index (κ3) is 4.54. The van der Waals surface area contributed by atoms with Gasteiger partial charge in [-0.3, -0.25) is 0 Å². The van der Waals surface area contributed by atoms with Gasteiger partial charge >= 0.3 is 0 Å². The van der Waals surface area contributed by atoms with Crippen molar-refractivity contribution in [3.05, 3.63) is 29.6 Å². The van der Waals surface area contributed by atoms with Crippen molar-refractivity contribution < 1.29 is 17.9 Å². The molecule has 0 unspecified atom stereocenters. The smallest absolute Gasteiger partial charge is 0.244 e. The molecule has 1 aromatic rings. The Balaban J connectivity index is 3.24. The minimum atomic E-state index is -3.85. The van der Waals surface area contributed by atoms with Gasteiger partial charge in [0.2, 0.25) is 10.0 Å². The van der Waals surface area contributed by atoms with Gasteiger partial charge in [-0.15, -0.1) is 0 Å². The summed E-state index contributed by atoms with van der Waals surface area (Å²) in [6.07, 6.45) is 0.225. The molecular weight excluding hydrogens is 295 g/mol. The summed E-state index contributed by atoms with van der Waals surface area (Å²) < 4.78 is 39.1. The molecule has 0 saturated heterocycles. The van der Waals surface area contributed by atoms with E-state index in [4.69, 9.17) is 10.4 Å². The standard InChI is InChI=1S/C14H15FN2O3S/c1-17(9-4-8-16)21(19,20)14-7-6-13(15)11-12(14)5-2-3-10-18/h6-7,11,18H,3-4,9-10H2,1H3. The molecule has 21 heavy (non-hydrogen) atoms. The second-order valence-electron chi connectivity index (χ2n) is 4.15. The number of sulfonamides is 1. The van der Waals surface area contributed by atoms with Crippen LogP contribution in [0.4, 0.5) is 4.39 Å². The van der Waals surface area contributed by atoms with Crippen LogP contribution in [0.25, 0.3) is 0 Å². The molecule has 0 atom stereocenters. The van der Waals surface area contributed by atoms with Crippen LogP contribution in [0, 0.1) is 29.0 Å². The third-order valence-electron chi connectivity index (χ3n) is 2.63. The molecule has 0 saturated carbocycles. The molecule has 0 radical (unpaired) electrons. The van der Waals surface area contributed by atoms with Crippen LogP contribution >= 0.6 is 0 Å².